The molecule has 0 aliphatic heterocycles. The normalized spacial score (nSPS) is 10.6. The van der Waals surface area contributed by atoms with Gasteiger partial charge in [-0.2, -0.15) is 4.98 Å². The van der Waals surface area contributed by atoms with E-state index >= 15 is 0 Å². The molecule has 3 aromatic rings. The molecule has 0 fully saturated rings. The van der Waals surface area contributed by atoms with E-state index in [1.165, 1.54) is 11.3 Å². The first-order chi connectivity index (χ1) is 12.1. The lowest BCUT2D eigenvalue weighted by Gasteiger charge is -2.10. The number of carbonyl (C=O) groups is 1. The molecule has 0 atom stereocenters. The SMILES string of the molecule is CSc1ccccc1CNC(=O)c1nc(-c2cccs2)nc(O)c1O. The molecule has 0 unspecified atom stereocenters. The lowest BCUT2D eigenvalue weighted by atomic mass is 10.2. The van der Waals surface area contributed by atoms with Gasteiger partial charge in [0.2, 0.25) is 5.75 Å². The summed E-state index contributed by atoms with van der Waals surface area (Å²) in [6, 6.07) is 11.3. The van der Waals surface area contributed by atoms with Gasteiger partial charge in [-0.05, 0) is 29.3 Å². The Bertz CT molecular complexity index is 898. The minimum atomic E-state index is -0.629. The van der Waals surface area contributed by atoms with Crippen LogP contribution in [0.2, 0.25) is 0 Å². The summed E-state index contributed by atoms with van der Waals surface area (Å²) in [7, 11) is 0. The average molecular weight is 373 g/mol. The topological polar surface area (TPSA) is 95.3 Å². The number of hydrogen-bond donors (Lipinski definition) is 3. The third-order valence-corrected chi connectivity index (χ3v) is 5.16. The van der Waals surface area contributed by atoms with Crippen molar-refractivity contribution in [1.82, 2.24) is 15.3 Å². The fourth-order valence-corrected chi connectivity index (χ4v) is 3.50. The van der Waals surface area contributed by atoms with Gasteiger partial charge in [-0.1, -0.05) is 24.3 Å². The van der Waals surface area contributed by atoms with E-state index in [0.29, 0.717) is 4.88 Å². The maximum atomic E-state index is 12.4. The maximum absolute atomic E-state index is 12.4. The number of thiophene rings is 1. The Kier molecular flexibility index (Phi) is 5.20. The van der Waals surface area contributed by atoms with Crippen LogP contribution in [-0.4, -0.2) is 32.3 Å². The number of carbonyl (C=O) groups excluding carboxylic acids is 1. The number of benzene rings is 1. The van der Waals surface area contributed by atoms with Crippen molar-refractivity contribution in [1.29, 1.82) is 0 Å². The van der Waals surface area contributed by atoms with Crippen LogP contribution in [0.25, 0.3) is 10.7 Å². The van der Waals surface area contributed by atoms with Crippen molar-refractivity contribution in [3.05, 3.63) is 53.0 Å². The first-order valence-electron chi connectivity index (χ1n) is 7.34. The number of nitrogens with one attached hydrogen (secondary N) is 1. The summed E-state index contributed by atoms with van der Waals surface area (Å²) in [6.07, 6.45) is 1.96. The van der Waals surface area contributed by atoms with Gasteiger partial charge in [0, 0.05) is 11.4 Å². The zero-order valence-corrected chi connectivity index (χ0v) is 14.9. The summed E-state index contributed by atoms with van der Waals surface area (Å²) in [6.45, 7) is 0.286. The van der Waals surface area contributed by atoms with E-state index in [1.807, 2.05) is 42.0 Å². The molecule has 0 bridgehead atoms. The number of aromatic nitrogens is 2. The summed E-state index contributed by atoms with van der Waals surface area (Å²) in [5.74, 6) is -1.63. The van der Waals surface area contributed by atoms with Crippen LogP contribution < -0.4 is 5.32 Å². The summed E-state index contributed by atoms with van der Waals surface area (Å²) < 4.78 is 0. The van der Waals surface area contributed by atoms with Gasteiger partial charge >= 0.3 is 0 Å². The highest BCUT2D eigenvalue weighted by molar-refractivity contribution is 7.98. The van der Waals surface area contributed by atoms with Crippen molar-refractivity contribution in [3.63, 3.8) is 0 Å². The number of rotatable bonds is 5. The first-order valence-corrected chi connectivity index (χ1v) is 9.44. The van der Waals surface area contributed by atoms with E-state index in [1.54, 1.807) is 17.8 Å². The van der Waals surface area contributed by atoms with Crippen molar-refractivity contribution in [3.8, 4) is 22.3 Å². The van der Waals surface area contributed by atoms with Gasteiger partial charge in [-0.15, -0.1) is 23.1 Å². The molecule has 0 spiro atoms. The Morgan fingerprint density at radius 3 is 2.72 bits per heavy atom. The predicted octanol–water partition coefficient (Wildman–Crippen LogP) is 3.27. The molecule has 0 radical (unpaired) electrons. The average Bonchev–Trinajstić information content (AvgIpc) is 3.16. The smallest absolute Gasteiger partial charge is 0.274 e. The van der Waals surface area contributed by atoms with Crippen LogP contribution in [0.3, 0.4) is 0 Å². The summed E-state index contributed by atoms with van der Waals surface area (Å²) in [4.78, 5) is 22.1. The van der Waals surface area contributed by atoms with Crippen LogP contribution in [0.5, 0.6) is 11.6 Å². The summed E-state index contributed by atoms with van der Waals surface area (Å²) >= 11 is 2.96. The number of amides is 1. The molecule has 1 aromatic carbocycles. The quantitative estimate of drug-likeness (QED) is 0.594. The molecule has 2 heterocycles. The fraction of sp³-hybridized carbons (Fsp3) is 0.118. The highest BCUT2D eigenvalue weighted by Crippen LogP contribution is 2.30. The second kappa shape index (κ2) is 7.54. The molecule has 25 heavy (non-hydrogen) atoms. The lowest BCUT2D eigenvalue weighted by Crippen LogP contribution is -2.24. The number of thioether (sulfide) groups is 1. The van der Waals surface area contributed by atoms with E-state index in [0.717, 1.165) is 10.5 Å². The van der Waals surface area contributed by atoms with Crippen molar-refractivity contribution >= 4 is 29.0 Å². The Balaban J connectivity index is 1.84. The Morgan fingerprint density at radius 2 is 2.00 bits per heavy atom. The number of nitrogens with zero attached hydrogens (tertiary/aromatic N) is 2. The zero-order valence-electron chi connectivity index (χ0n) is 13.3. The van der Waals surface area contributed by atoms with Crippen molar-refractivity contribution in [2.45, 2.75) is 11.4 Å². The van der Waals surface area contributed by atoms with Crippen molar-refractivity contribution < 1.29 is 15.0 Å². The van der Waals surface area contributed by atoms with E-state index in [4.69, 9.17) is 0 Å². The maximum Gasteiger partial charge on any atom is 0.274 e. The molecule has 0 saturated heterocycles. The minimum absolute atomic E-state index is 0.194. The molecule has 2 aromatic heterocycles. The second-order valence-corrected chi connectivity index (χ2v) is 6.84. The zero-order chi connectivity index (χ0) is 17.8. The van der Waals surface area contributed by atoms with Gasteiger partial charge in [-0.3, -0.25) is 4.79 Å². The Labute approximate surface area is 152 Å². The fourth-order valence-electron chi connectivity index (χ4n) is 2.23. The van der Waals surface area contributed by atoms with Crippen LogP contribution in [0.4, 0.5) is 0 Å². The van der Waals surface area contributed by atoms with Crippen LogP contribution in [0.1, 0.15) is 16.1 Å². The van der Waals surface area contributed by atoms with Crippen LogP contribution in [-0.2, 0) is 6.54 Å². The van der Waals surface area contributed by atoms with E-state index in [9.17, 15) is 15.0 Å². The Morgan fingerprint density at radius 1 is 1.20 bits per heavy atom. The van der Waals surface area contributed by atoms with E-state index in [2.05, 4.69) is 15.3 Å². The molecule has 1 amide bonds. The minimum Gasteiger partial charge on any atom is -0.501 e. The second-order valence-electron chi connectivity index (χ2n) is 5.04. The first kappa shape index (κ1) is 17.2. The molecular formula is C17H15N3O3S2. The van der Waals surface area contributed by atoms with Gasteiger partial charge in [0.15, 0.2) is 11.5 Å². The third kappa shape index (κ3) is 3.75. The molecule has 0 saturated carbocycles. The van der Waals surface area contributed by atoms with E-state index < -0.39 is 17.5 Å². The molecule has 128 valence electrons. The highest BCUT2D eigenvalue weighted by Gasteiger charge is 2.20. The molecule has 6 nitrogen and oxygen atoms in total. The largest absolute Gasteiger partial charge is 0.501 e. The summed E-state index contributed by atoms with van der Waals surface area (Å²) in [5.41, 5.74) is 0.706. The predicted molar refractivity (Wildman–Crippen MR) is 98.1 cm³/mol. The summed E-state index contributed by atoms with van der Waals surface area (Å²) in [5, 5.41) is 24.3. The van der Waals surface area contributed by atoms with E-state index in [-0.39, 0.29) is 18.1 Å². The number of hydrogen-bond acceptors (Lipinski definition) is 7. The van der Waals surface area contributed by atoms with Crippen molar-refractivity contribution in [2.24, 2.45) is 0 Å². The van der Waals surface area contributed by atoms with Crippen LogP contribution >= 0.6 is 23.1 Å². The van der Waals surface area contributed by atoms with Gasteiger partial charge in [0.1, 0.15) is 0 Å². The lowest BCUT2D eigenvalue weighted by molar-refractivity contribution is 0.0941. The molecule has 3 rings (SSSR count). The molecule has 8 heteroatoms. The number of aromatic hydroxyl groups is 2. The highest BCUT2D eigenvalue weighted by atomic mass is 32.2. The van der Waals surface area contributed by atoms with Crippen LogP contribution in [0.15, 0.2) is 46.7 Å². The van der Waals surface area contributed by atoms with Gasteiger partial charge < -0.3 is 15.5 Å². The molecular weight excluding hydrogens is 358 g/mol. The molecule has 3 N–H and O–H groups in total. The van der Waals surface area contributed by atoms with Crippen LogP contribution in [0, 0.1) is 0 Å². The third-order valence-electron chi connectivity index (χ3n) is 3.45. The molecule has 0 aliphatic carbocycles. The monoisotopic (exact) mass is 373 g/mol. The van der Waals surface area contributed by atoms with Crippen molar-refractivity contribution in [2.75, 3.05) is 6.26 Å². The van der Waals surface area contributed by atoms with Gasteiger partial charge in [-0.25, -0.2) is 4.98 Å². The Hall–Kier alpha value is -2.58. The van der Waals surface area contributed by atoms with Gasteiger partial charge in [0.05, 0.1) is 4.88 Å². The standard InChI is InChI=1S/C17H15N3O3S2/c1-24-11-6-3-2-5-10(11)9-18-16(22)13-14(21)17(23)20-15(19-13)12-7-4-8-25-12/h2-8,21H,9H2,1H3,(H,18,22)(H,19,20,23). The van der Waals surface area contributed by atoms with Gasteiger partial charge in [0.25, 0.3) is 11.8 Å². The molecule has 0 aliphatic rings.